The van der Waals surface area contributed by atoms with Crippen LogP contribution >= 0.6 is 0 Å². The molecule has 3 heteroatoms. The van der Waals surface area contributed by atoms with Crippen LogP contribution in [0.4, 0.5) is 0 Å². The summed E-state index contributed by atoms with van der Waals surface area (Å²) in [5.41, 5.74) is -0.308. The van der Waals surface area contributed by atoms with Gasteiger partial charge in [0, 0.05) is 5.56 Å². The van der Waals surface area contributed by atoms with Crippen LogP contribution in [0.15, 0.2) is 30.3 Å². The second-order valence-electron chi connectivity index (χ2n) is 4.35. The van der Waals surface area contributed by atoms with Crippen LogP contribution in [0.3, 0.4) is 0 Å². The van der Waals surface area contributed by atoms with Gasteiger partial charge in [-0.3, -0.25) is 9.59 Å². The van der Waals surface area contributed by atoms with Crippen LogP contribution in [0.5, 0.6) is 0 Å². The molecule has 0 N–H and O–H groups in total. The second-order valence-corrected chi connectivity index (χ2v) is 4.35. The first kappa shape index (κ1) is 11.8. The molecule has 0 amide bonds. The number of rotatable bonds is 4. The Morgan fingerprint density at radius 1 is 1.24 bits per heavy atom. The normalized spacial score (nSPS) is 17.0. The van der Waals surface area contributed by atoms with Gasteiger partial charge in [0.05, 0.1) is 6.61 Å². The van der Waals surface area contributed by atoms with Gasteiger partial charge in [0.25, 0.3) is 0 Å². The summed E-state index contributed by atoms with van der Waals surface area (Å²) >= 11 is 0. The molecule has 1 aliphatic rings. The lowest BCUT2D eigenvalue weighted by atomic mass is 9.64. The molecule has 0 aliphatic heterocycles. The molecule has 0 aromatic heterocycles. The van der Waals surface area contributed by atoms with Crippen LogP contribution in [0.1, 0.15) is 36.5 Å². The van der Waals surface area contributed by atoms with E-state index in [9.17, 15) is 9.59 Å². The predicted molar refractivity (Wildman–Crippen MR) is 63.7 cm³/mol. The van der Waals surface area contributed by atoms with E-state index in [4.69, 9.17) is 4.74 Å². The number of ketones is 1. The summed E-state index contributed by atoms with van der Waals surface area (Å²) < 4.78 is 5.03. The van der Waals surface area contributed by atoms with E-state index in [1.807, 2.05) is 18.2 Å². The summed E-state index contributed by atoms with van der Waals surface area (Å²) in [6.07, 6.45) is 2.14. The van der Waals surface area contributed by atoms with Crippen molar-refractivity contribution in [3.05, 3.63) is 35.9 Å². The molecule has 90 valence electrons. The fraction of sp³-hybridized carbons (Fsp3) is 0.429. The Labute approximate surface area is 101 Å². The molecule has 0 unspecified atom stereocenters. The predicted octanol–water partition coefficient (Wildman–Crippen LogP) is 2.60. The van der Waals surface area contributed by atoms with E-state index in [1.54, 1.807) is 19.1 Å². The molecule has 1 fully saturated rings. The number of Topliss-reactive ketones (excluding diaryl/α,β-unsaturated/α-hetero) is 1. The summed E-state index contributed by atoms with van der Waals surface area (Å²) in [4.78, 5) is 24.3. The van der Waals surface area contributed by atoms with Crippen molar-refractivity contribution in [1.82, 2.24) is 0 Å². The Morgan fingerprint density at radius 2 is 1.88 bits per heavy atom. The van der Waals surface area contributed by atoms with Gasteiger partial charge in [0.15, 0.2) is 5.78 Å². The minimum atomic E-state index is -0.905. The van der Waals surface area contributed by atoms with Crippen molar-refractivity contribution in [3.63, 3.8) is 0 Å². The van der Waals surface area contributed by atoms with Crippen LogP contribution in [-0.2, 0) is 9.53 Å². The Kier molecular flexibility index (Phi) is 3.27. The molecule has 0 spiro atoms. The maximum Gasteiger partial charge on any atom is 0.320 e. The highest BCUT2D eigenvalue weighted by Crippen LogP contribution is 2.44. The average molecular weight is 232 g/mol. The van der Waals surface area contributed by atoms with Gasteiger partial charge in [-0.05, 0) is 19.8 Å². The van der Waals surface area contributed by atoms with Gasteiger partial charge < -0.3 is 4.74 Å². The molecule has 1 aromatic rings. The van der Waals surface area contributed by atoms with E-state index in [2.05, 4.69) is 0 Å². The molecule has 1 saturated carbocycles. The molecular weight excluding hydrogens is 216 g/mol. The molecule has 0 atom stereocenters. The van der Waals surface area contributed by atoms with Crippen molar-refractivity contribution in [2.24, 2.45) is 5.41 Å². The summed E-state index contributed by atoms with van der Waals surface area (Å²) in [7, 11) is 0. The SMILES string of the molecule is CCOC(=O)C1(C(=O)c2ccccc2)CCC1. The van der Waals surface area contributed by atoms with Crippen LogP contribution in [0, 0.1) is 5.41 Å². The molecule has 3 nitrogen and oxygen atoms in total. The molecule has 0 bridgehead atoms. The summed E-state index contributed by atoms with van der Waals surface area (Å²) in [5.74, 6) is -0.456. The number of carbonyl (C=O) groups is 2. The van der Waals surface area contributed by atoms with Crippen molar-refractivity contribution < 1.29 is 14.3 Å². The van der Waals surface area contributed by atoms with Crippen LogP contribution < -0.4 is 0 Å². The molecule has 0 radical (unpaired) electrons. The molecule has 0 heterocycles. The summed E-state index contributed by atoms with van der Waals surface area (Å²) in [6.45, 7) is 2.08. The zero-order valence-electron chi connectivity index (χ0n) is 9.94. The zero-order valence-corrected chi connectivity index (χ0v) is 9.94. The average Bonchev–Trinajstić information content (AvgIpc) is 2.29. The van der Waals surface area contributed by atoms with E-state index in [0.29, 0.717) is 25.0 Å². The van der Waals surface area contributed by atoms with E-state index in [-0.39, 0.29) is 11.8 Å². The fourth-order valence-electron chi connectivity index (χ4n) is 2.19. The highest BCUT2D eigenvalue weighted by molar-refractivity contribution is 6.13. The van der Waals surface area contributed by atoms with Gasteiger partial charge in [0.2, 0.25) is 0 Å². The zero-order chi connectivity index (χ0) is 12.3. The third-order valence-electron chi connectivity index (χ3n) is 3.34. The van der Waals surface area contributed by atoms with E-state index in [0.717, 1.165) is 6.42 Å². The quantitative estimate of drug-likeness (QED) is 0.455. The minimum Gasteiger partial charge on any atom is -0.465 e. The topological polar surface area (TPSA) is 43.4 Å². The highest BCUT2D eigenvalue weighted by Gasteiger charge is 2.51. The van der Waals surface area contributed by atoms with Gasteiger partial charge in [-0.15, -0.1) is 0 Å². The van der Waals surface area contributed by atoms with E-state index < -0.39 is 5.41 Å². The Morgan fingerprint density at radius 3 is 2.35 bits per heavy atom. The number of hydrogen-bond acceptors (Lipinski definition) is 3. The van der Waals surface area contributed by atoms with Gasteiger partial charge in [-0.25, -0.2) is 0 Å². The number of benzene rings is 1. The number of carbonyl (C=O) groups excluding carboxylic acids is 2. The smallest absolute Gasteiger partial charge is 0.320 e. The second kappa shape index (κ2) is 4.70. The Hall–Kier alpha value is -1.64. The van der Waals surface area contributed by atoms with E-state index in [1.165, 1.54) is 0 Å². The summed E-state index contributed by atoms with van der Waals surface area (Å²) in [5, 5.41) is 0. The number of ether oxygens (including phenoxy) is 1. The largest absolute Gasteiger partial charge is 0.465 e. The highest BCUT2D eigenvalue weighted by atomic mass is 16.5. The standard InChI is InChI=1S/C14H16O3/c1-2-17-13(16)14(9-6-10-14)12(15)11-7-4-3-5-8-11/h3-5,7-8H,2,6,9-10H2,1H3. The van der Waals surface area contributed by atoms with Crippen molar-refractivity contribution >= 4 is 11.8 Å². The first-order chi connectivity index (χ1) is 8.20. The van der Waals surface area contributed by atoms with Crippen LogP contribution in [-0.4, -0.2) is 18.4 Å². The van der Waals surface area contributed by atoms with Crippen molar-refractivity contribution in [1.29, 1.82) is 0 Å². The van der Waals surface area contributed by atoms with Crippen LogP contribution in [0.2, 0.25) is 0 Å². The first-order valence-corrected chi connectivity index (χ1v) is 5.98. The fourth-order valence-corrected chi connectivity index (χ4v) is 2.19. The Bertz CT molecular complexity index is 418. The molecule has 17 heavy (non-hydrogen) atoms. The number of esters is 1. The van der Waals surface area contributed by atoms with Crippen molar-refractivity contribution in [2.45, 2.75) is 26.2 Å². The monoisotopic (exact) mass is 232 g/mol. The number of hydrogen-bond donors (Lipinski definition) is 0. The molecule has 0 saturated heterocycles. The van der Waals surface area contributed by atoms with Gasteiger partial charge in [-0.1, -0.05) is 36.8 Å². The maximum absolute atomic E-state index is 12.4. The third-order valence-corrected chi connectivity index (χ3v) is 3.34. The van der Waals surface area contributed by atoms with E-state index >= 15 is 0 Å². The summed E-state index contributed by atoms with van der Waals surface area (Å²) in [6, 6.07) is 8.98. The Balaban J connectivity index is 2.24. The van der Waals surface area contributed by atoms with Crippen molar-refractivity contribution in [2.75, 3.05) is 6.61 Å². The van der Waals surface area contributed by atoms with Crippen molar-refractivity contribution in [3.8, 4) is 0 Å². The van der Waals surface area contributed by atoms with Gasteiger partial charge in [-0.2, -0.15) is 0 Å². The minimum absolute atomic E-state index is 0.0946. The van der Waals surface area contributed by atoms with Crippen LogP contribution in [0.25, 0.3) is 0 Å². The molecular formula is C14H16O3. The molecule has 1 aliphatic carbocycles. The lowest BCUT2D eigenvalue weighted by Gasteiger charge is -2.37. The lowest BCUT2D eigenvalue weighted by molar-refractivity contribution is -0.156. The lowest BCUT2D eigenvalue weighted by Crippen LogP contribution is -2.46. The molecule has 2 rings (SSSR count). The maximum atomic E-state index is 12.4. The first-order valence-electron chi connectivity index (χ1n) is 5.98. The molecule has 1 aromatic carbocycles. The van der Waals surface area contributed by atoms with Gasteiger partial charge >= 0.3 is 5.97 Å². The third kappa shape index (κ3) is 1.97. The van der Waals surface area contributed by atoms with Gasteiger partial charge in [0.1, 0.15) is 5.41 Å².